The largest absolute Gasteiger partial charge is 0.355 e. The van der Waals surface area contributed by atoms with Gasteiger partial charge in [-0.05, 0) is 18.6 Å². The highest BCUT2D eigenvalue weighted by atomic mass is 16.5. The molecule has 2 aromatic heterocycles. The molecule has 7 heteroatoms. The lowest BCUT2D eigenvalue weighted by atomic mass is 10.2. The number of carbonyl (C=O) groups is 1. The quantitative estimate of drug-likeness (QED) is 0.845. The molecule has 2 aromatic rings. The van der Waals surface area contributed by atoms with E-state index in [0.717, 1.165) is 12.0 Å². The summed E-state index contributed by atoms with van der Waals surface area (Å²) in [5.74, 6) is 0.233. The van der Waals surface area contributed by atoms with E-state index in [4.69, 9.17) is 9.78 Å². The molecule has 21 heavy (non-hydrogen) atoms. The van der Waals surface area contributed by atoms with Crippen molar-refractivity contribution in [1.82, 2.24) is 20.4 Å². The summed E-state index contributed by atoms with van der Waals surface area (Å²) >= 11 is 0. The summed E-state index contributed by atoms with van der Waals surface area (Å²) in [7, 11) is 0. The van der Waals surface area contributed by atoms with Crippen LogP contribution in [0.5, 0.6) is 0 Å². The number of likely N-dealkylation sites (tertiary alicyclic amines) is 1. The highest BCUT2D eigenvalue weighted by Gasteiger charge is 2.24. The van der Waals surface area contributed by atoms with E-state index >= 15 is 0 Å². The molecule has 0 radical (unpaired) electrons. The van der Waals surface area contributed by atoms with E-state index in [1.807, 2.05) is 0 Å². The summed E-state index contributed by atoms with van der Waals surface area (Å²) in [6.45, 7) is 1.21. The molecule has 1 N–H and O–H groups in total. The first kappa shape index (κ1) is 13.1. The Morgan fingerprint density at radius 1 is 1.48 bits per heavy atom. The number of nitrogens with one attached hydrogen (secondary N) is 1. The summed E-state index contributed by atoms with van der Waals surface area (Å²) in [5.41, 5.74) is 1.05. The van der Waals surface area contributed by atoms with Crippen molar-refractivity contribution >= 4 is 5.91 Å². The van der Waals surface area contributed by atoms with Gasteiger partial charge in [-0.3, -0.25) is 9.78 Å². The molecule has 0 saturated carbocycles. The van der Waals surface area contributed by atoms with Crippen LogP contribution < -0.4 is 5.32 Å². The second kappa shape index (κ2) is 5.63. The Morgan fingerprint density at radius 3 is 3.00 bits per heavy atom. The zero-order valence-corrected chi connectivity index (χ0v) is 11.2. The van der Waals surface area contributed by atoms with Crippen molar-refractivity contribution < 1.29 is 9.32 Å². The van der Waals surface area contributed by atoms with E-state index in [9.17, 15) is 4.79 Å². The van der Waals surface area contributed by atoms with Crippen LogP contribution >= 0.6 is 0 Å². The number of carbonyl (C=O) groups excluding carboxylic acids is 1. The van der Waals surface area contributed by atoms with Gasteiger partial charge in [0.1, 0.15) is 0 Å². The topological polar surface area (TPSA) is 95.1 Å². The van der Waals surface area contributed by atoms with Crippen molar-refractivity contribution in [3.63, 3.8) is 0 Å². The Kier molecular flexibility index (Phi) is 3.51. The normalized spacial score (nSPS) is 17.5. The summed E-state index contributed by atoms with van der Waals surface area (Å²) in [6.07, 6.45) is 6.12. The molecule has 3 heterocycles. The third-order valence-corrected chi connectivity index (χ3v) is 3.37. The van der Waals surface area contributed by atoms with Crippen molar-refractivity contribution in [3.05, 3.63) is 36.3 Å². The van der Waals surface area contributed by atoms with E-state index < -0.39 is 0 Å². The average molecular weight is 283 g/mol. The fourth-order valence-corrected chi connectivity index (χ4v) is 2.26. The van der Waals surface area contributed by atoms with Crippen molar-refractivity contribution in [1.29, 1.82) is 5.26 Å². The molecule has 1 fully saturated rings. The molecule has 1 aliphatic heterocycles. The van der Waals surface area contributed by atoms with Crippen LogP contribution in [-0.2, 0) is 0 Å². The Morgan fingerprint density at radius 2 is 2.29 bits per heavy atom. The SMILES string of the molecule is N#CN1CC[C@@H](NC(=O)c2cc(-c3ccncc3)on2)C1. The number of hydrogen-bond acceptors (Lipinski definition) is 6. The van der Waals surface area contributed by atoms with Crippen LogP contribution in [0.15, 0.2) is 35.1 Å². The van der Waals surface area contributed by atoms with Gasteiger partial charge in [0.2, 0.25) is 0 Å². The molecule has 7 nitrogen and oxygen atoms in total. The van der Waals surface area contributed by atoms with Crippen LogP contribution in [0.4, 0.5) is 0 Å². The molecule has 0 aliphatic carbocycles. The number of pyridine rings is 1. The second-order valence-electron chi connectivity index (χ2n) is 4.82. The summed E-state index contributed by atoms with van der Waals surface area (Å²) in [4.78, 5) is 17.6. The maximum absolute atomic E-state index is 12.1. The van der Waals surface area contributed by atoms with Gasteiger partial charge in [-0.2, -0.15) is 5.26 Å². The van der Waals surface area contributed by atoms with Crippen molar-refractivity contribution in [2.24, 2.45) is 0 Å². The van der Waals surface area contributed by atoms with Gasteiger partial charge in [0, 0.05) is 43.2 Å². The molecule has 1 amide bonds. The number of rotatable bonds is 3. The van der Waals surface area contributed by atoms with E-state index in [0.29, 0.717) is 18.8 Å². The smallest absolute Gasteiger partial charge is 0.273 e. The van der Waals surface area contributed by atoms with Gasteiger partial charge >= 0.3 is 0 Å². The van der Waals surface area contributed by atoms with Crippen molar-refractivity contribution in [3.8, 4) is 17.5 Å². The minimum atomic E-state index is -0.288. The standard InChI is InChI=1S/C14H13N5O2/c15-9-19-6-3-11(8-19)17-14(20)12-7-13(21-18-12)10-1-4-16-5-2-10/h1-2,4-5,7,11H,3,6,8H2,(H,17,20)/t11-/m1/s1. The Labute approximate surface area is 121 Å². The predicted molar refractivity (Wildman–Crippen MR) is 72.8 cm³/mol. The lowest BCUT2D eigenvalue weighted by Crippen LogP contribution is -2.36. The summed E-state index contributed by atoms with van der Waals surface area (Å²) in [5, 5.41) is 15.4. The summed E-state index contributed by atoms with van der Waals surface area (Å²) < 4.78 is 5.18. The van der Waals surface area contributed by atoms with Crippen LogP contribution in [0.2, 0.25) is 0 Å². The molecule has 3 rings (SSSR count). The second-order valence-corrected chi connectivity index (χ2v) is 4.82. The van der Waals surface area contributed by atoms with Gasteiger partial charge in [0.25, 0.3) is 5.91 Å². The van der Waals surface area contributed by atoms with Crippen molar-refractivity contribution in [2.45, 2.75) is 12.5 Å². The number of aromatic nitrogens is 2. The molecule has 0 aromatic carbocycles. The van der Waals surface area contributed by atoms with E-state index in [-0.39, 0.29) is 17.6 Å². The maximum atomic E-state index is 12.1. The number of nitrogens with zero attached hydrogens (tertiary/aromatic N) is 4. The minimum Gasteiger partial charge on any atom is -0.355 e. The Balaban J connectivity index is 1.67. The minimum absolute atomic E-state index is 0.0294. The molecule has 106 valence electrons. The van der Waals surface area contributed by atoms with Gasteiger partial charge in [0.15, 0.2) is 17.6 Å². The van der Waals surface area contributed by atoms with Crippen molar-refractivity contribution in [2.75, 3.05) is 13.1 Å². The molecule has 0 spiro atoms. The van der Waals surface area contributed by atoms with Gasteiger partial charge in [-0.15, -0.1) is 0 Å². The van der Waals surface area contributed by atoms with Crippen LogP contribution in [-0.4, -0.2) is 40.1 Å². The van der Waals surface area contributed by atoms with Gasteiger partial charge in [0.05, 0.1) is 0 Å². The fraction of sp³-hybridized carbons (Fsp3) is 0.286. The highest BCUT2D eigenvalue weighted by molar-refractivity contribution is 5.93. The van der Waals surface area contributed by atoms with Crippen LogP contribution in [0.1, 0.15) is 16.9 Å². The molecule has 0 unspecified atom stereocenters. The zero-order valence-electron chi connectivity index (χ0n) is 11.2. The molecule has 1 saturated heterocycles. The first-order valence-electron chi connectivity index (χ1n) is 6.59. The van der Waals surface area contributed by atoms with E-state index in [1.54, 1.807) is 35.5 Å². The average Bonchev–Trinajstić information content (AvgIpc) is 3.17. The molecular weight excluding hydrogens is 270 g/mol. The predicted octanol–water partition coefficient (Wildman–Crippen LogP) is 1.02. The number of nitriles is 1. The fourth-order valence-electron chi connectivity index (χ4n) is 2.26. The van der Waals surface area contributed by atoms with Gasteiger partial charge in [-0.25, -0.2) is 0 Å². The van der Waals surface area contributed by atoms with Gasteiger partial charge in [-0.1, -0.05) is 5.16 Å². The van der Waals surface area contributed by atoms with Crippen LogP contribution in [0.3, 0.4) is 0 Å². The molecule has 0 bridgehead atoms. The zero-order chi connectivity index (χ0) is 14.7. The summed E-state index contributed by atoms with van der Waals surface area (Å²) in [6, 6.07) is 5.13. The lowest BCUT2D eigenvalue weighted by Gasteiger charge is -2.10. The van der Waals surface area contributed by atoms with Crippen LogP contribution in [0.25, 0.3) is 11.3 Å². The molecular formula is C14H13N5O2. The highest BCUT2D eigenvalue weighted by Crippen LogP contribution is 2.19. The first-order chi connectivity index (χ1) is 10.3. The number of amides is 1. The van der Waals surface area contributed by atoms with Crippen LogP contribution in [0, 0.1) is 11.5 Å². The monoisotopic (exact) mass is 283 g/mol. The Bertz CT molecular complexity index is 676. The van der Waals surface area contributed by atoms with Gasteiger partial charge < -0.3 is 14.7 Å². The molecule has 1 atom stereocenters. The van der Waals surface area contributed by atoms with E-state index in [1.165, 1.54) is 0 Å². The molecule has 1 aliphatic rings. The Hall–Kier alpha value is -2.88. The van der Waals surface area contributed by atoms with E-state index in [2.05, 4.69) is 21.7 Å². The maximum Gasteiger partial charge on any atom is 0.273 e. The third kappa shape index (κ3) is 2.84. The number of hydrogen-bond donors (Lipinski definition) is 1. The third-order valence-electron chi connectivity index (χ3n) is 3.37. The lowest BCUT2D eigenvalue weighted by molar-refractivity contribution is 0.0930. The first-order valence-corrected chi connectivity index (χ1v) is 6.59.